The molecule has 1 aromatic heterocycles. The first-order chi connectivity index (χ1) is 7.34. The molecule has 0 aliphatic carbocycles. The number of benzene rings is 1. The van der Waals surface area contributed by atoms with Gasteiger partial charge in [-0.15, -0.1) is 0 Å². The van der Waals surface area contributed by atoms with Gasteiger partial charge >= 0.3 is 0 Å². The maximum Gasteiger partial charge on any atom is 0.124 e. The van der Waals surface area contributed by atoms with Gasteiger partial charge in [-0.25, -0.2) is 4.39 Å². The van der Waals surface area contributed by atoms with E-state index >= 15 is 0 Å². The van der Waals surface area contributed by atoms with E-state index in [9.17, 15) is 4.39 Å². The Morgan fingerprint density at radius 1 is 1.47 bits per heavy atom. The Hall–Kier alpha value is -1.00. The van der Waals surface area contributed by atoms with Gasteiger partial charge in [-0.05, 0) is 42.7 Å². The Morgan fingerprint density at radius 2 is 2.40 bits per heavy atom. The molecule has 0 amide bonds. The number of rotatable bonds is 1. The zero-order valence-corrected chi connectivity index (χ0v) is 8.98. The number of nitrogens with one attached hydrogen (secondary N) is 1. The maximum absolute atomic E-state index is 13.0. The van der Waals surface area contributed by atoms with E-state index in [1.165, 1.54) is 17.6 Å². The Balaban J connectivity index is 2.11. The van der Waals surface area contributed by atoms with Crippen molar-refractivity contribution in [3.8, 4) is 0 Å². The number of fused-ring (bicyclic) bond motifs is 1. The van der Waals surface area contributed by atoms with Gasteiger partial charge in [0.25, 0.3) is 0 Å². The van der Waals surface area contributed by atoms with Gasteiger partial charge < -0.3 is 5.32 Å². The van der Waals surface area contributed by atoms with Crippen molar-refractivity contribution in [2.45, 2.75) is 12.3 Å². The molecule has 1 aliphatic heterocycles. The van der Waals surface area contributed by atoms with Gasteiger partial charge in [-0.3, -0.25) is 0 Å². The summed E-state index contributed by atoms with van der Waals surface area (Å²) < 4.78 is 18.4. The van der Waals surface area contributed by atoms with Gasteiger partial charge in [-0.1, -0.05) is 0 Å². The molecule has 0 saturated carbocycles. The first kappa shape index (κ1) is 9.24. The molecule has 0 spiro atoms. The summed E-state index contributed by atoms with van der Waals surface area (Å²) in [6.45, 7) is 2.06. The molecular weight excluding hydrogens is 211 g/mol. The van der Waals surface area contributed by atoms with Crippen LogP contribution in [0.2, 0.25) is 0 Å². The van der Waals surface area contributed by atoms with Gasteiger partial charge in [0.15, 0.2) is 0 Å². The van der Waals surface area contributed by atoms with Crippen LogP contribution in [0.3, 0.4) is 0 Å². The molecule has 0 unspecified atom stereocenters. The fraction of sp³-hybridized carbons (Fsp3) is 0.364. The van der Waals surface area contributed by atoms with Crippen molar-refractivity contribution in [2.75, 3.05) is 13.1 Å². The number of halogens is 1. The van der Waals surface area contributed by atoms with Crippen LogP contribution in [0.15, 0.2) is 18.2 Å². The van der Waals surface area contributed by atoms with E-state index in [0.29, 0.717) is 5.92 Å². The monoisotopic (exact) mass is 222 g/mol. The standard InChI is InChI=1S/C11H11FN2S/c12-8-1-2-9-10(5-8)15-14-11(9)7-3-4-13-6-7/h1-2,5,7,13H,3-4,6H2/t7-/m1/s1. The van der Waals surface area contributed by atoms with E-state index in [0.717, 1.165) is 35.3 Å². The smallest absolute Gasteiger partial charge is 0.124 e. The van der Waals surface area contributed by atoms with Gasteiger partial charge in [-0.2, -0.15) is 4.37 Å². The fourth-order valence-corrected chi connectivity index (χ4v) is 2.99. The average Bonchev–Trinajstić information content (AvgIpc) is 2.82. The lowest BCUT2D eigenvalue weighted by Gasteiger charge is -2.04. The van der Waals surface area contributed by atoms with E-state index in [1.807, 2.05) is 6.07 Å². The minimum absolute atomic E-state index is 0.178. The topological polar surface area (TPSA) is 24.9 Å². The van der Waals surface area contributed by atoms with Crippen molar-refractivity contribution < 1.29 is 4.39 Å². The van der Waals surface area contributed by atoms with Crippen molar-refractivity contribution in [1.82, 2.24) is 9.69 Å². The van der Waals surface area contributed by atoms with Gasteiger partial charge in [0.2, 0.25) is 0 Å². The number of hydrogen-bond acceptors (Lipinski definition) is 3. The predicted octanol–water partition coefficient (Wildman–Crippen LogP) is 2.51. The maximum atomic E-state index is 13.0. The molecule has 4 heteroatoms. The molecule has 1 fully saturated rings. The molecule has 0 radical (unpaired) electrons. The van der Waals surface area contributed by atoms with Crippen molar-refractivity contribution in [3.63, 3.8) is 0 Å². The lowest BCUT2D eigenvalue weighted by atomic mass is 10.0. The van der Waals surface area contributed by atoms with Gasteiger partial charge in [0, 0.05) is 17.8 Å². The minimum Gasteiger partial charge on any atom is -0.316 e. The molecule has 15 heavy (non-hydrogen) atoms. The molecule has 1 saturated heterocycles. The lowest BCUT2D eigenvalue weighted by Crippen LogP contribution is -2.08. The molecule has 1 aliphatic rings. The summed E-state index contributed by atoms with van der Waals surface area (Å²) in [6, 6.07) is 4.93. The summed E-state index contributed by atoms with van der Waals surface area (Å²) in [5.74, 6) is 0.325. The quantitative estimate of drug-likeness (QED) is 0.802. The predicted molar refractivity (Wildman–Crippen MR) is 59.8 cm³/mol. The molecule has 2 aromatic rings. The summed E-state index contributed by atoms with van der Waals surface area (Å²) in [5.41, 5.74) is 1.14. The van der Waals surface area contributed by atoms with Gasteiger partial charge in [0.1, 0.15) is 5.82 Å². The third kappa shape index (κ3) is 1.54. The highest BCUT2D eigenvalue weighted by atomic mass is 32.1. The molecule has 2 heterocycles. The summed E-state index contributed by atoms with van der Waals surface area (Å²) in [7, 11) is 0. The Bertz CT molecular complexity index is 488. The highest BCUT2D eigenvalue weighted by Gasteiger charge is 2.21. The largest absolute Gasteiger partial charge is 0.316 e. The van der Waals surface area contributed by atoms with Crippen molar-refractivity contribution in [2.24, 2.45) is 0 Å². The molecule has 2 nitrogen and oxygen atoms in total. The molecule has 1 aromatic carbocycles. The number of nitrogens with zero attached hydrogens (tertiary/aromatic N) is 1. The zero-order chi connectivity index (χ0) is 10.3. The van der Waals surface area contributed by atoms with Crippen LogP contribution in [0.1, 0.15) is 18.0 Å². The third-order valence-electron chi connectivity index (χ3n) is 2.91. The van der Waals surface area contributed by atoms with E-state index in [4.69, 9.17) is 0 Å². The Morgan fingerprint density at radius 3 is 3.20 bits per heavy atom. The molecule has 1 N–H and O–H groups in total. The normalized spacial score (nSPS) is 21.3. The van der Waals surface area contributed by atoms with Crippen LogP contribution in [0, 0.1) is 5.82 Å². The molecule has 3 rings (SSSR count). The summed E-state index contributed by atoms with van der Waals surface area (Å²) in [5, 5.41) is 4.45. The van der Waals surface area contributed by atoms with Crippen molar-refractivity contribution in [3.05, 3.63) is 29.7 Å². The fourth-order valence-electron chi connectivity index (χ4n) is 2.11. The van der Waals surface area contributed by atoms with Crippen LogP contribution in [0.4, 0.5) is 4.39 Å². The highest BCUT2D eigenvalue weighted by molar-refractivity contribution is 7.13. The van der Waals surface area contributed by atoms with Crippen molar-refractivity contribution >= 4 is 21.6 Å². The Labute approximate surface area is 91.3 Å². The van der Waals surface area contributed by atoms with E-state index < -0.39 is 0 Å². The van der Waals surface area contributed by atoms with Gasteiger partial charge in [0.05, 0.1) is 10.4 Å². The molecule has 0 bridgehead atoms. The minimum atomic E-state index is -0.178. The van der Waals surface area contributed by atoms with E-state index in [2.05, 4.69) is 9.69 Å². The van der Waals surface area contributed by atoms with Crippen LogP contribution >= 0.6 is 11.5 Å². The summed E-state index contributed by atoms with van der Waals surface area (Å²) in [6.07, 6.45) is 1.14. The summed E-state index contributed by atoms with van der Waals surface area (Å²) in [4.78, 5) is 0. The van der Waals surface area contributed by atoms with Crippen LogP contribution in [0.25, 0.3) is 10.1 Å². The second kappa shape index (κ2) is 3.54. The summed E-state index contributed by atoms with van der Waals surface area (Å²) >= 11 is 1.40. The lowest BCUT2D eigenvalue weighted by molar-refractivity contribution is 0.630. The first-order valence-corrected chi connectivity index (χ1v) is 5.87. The third-order valence-corrected chi connectivity index (χ3v) is 3.73. The van der Waals surface area contributed by atoms with Crippen LogP contribution in [-0.4, -0.2) is 17.5 Å². The molecule has 1 atom stereocenters. The Kier molecular flexibility index (Phi) is 2.18. The second-order valence-corrected chi connectivity index (χ2v) is 4.70. The second-order valence-electron chi connectivity index (χ2n) is 3.90. The molecule has 78 valence electrons. The average molecular weight is 222 g/mol. The number of aromatic nitrogens is 1. The first-order valence-electron chi connectivity index (χ1n) is 5.10. The zero-order valence-electron chi connectivity index (χ0n) is 8.16. The molecular formula is C11H11FN2S. The van der Waals surface area contributed by atoms with Crippen LogP contribution < -0.4 is 5.32 Å². The van der Waals surface area contributed by atoms with Crippen molar-refractivity contribution in [1.29, 1.82) is 0 Å². The van der Waals surface area contributed by atoms with E-state index in [1.54, 1.807) is 6.07 Å². The number of hydrogen-bond donors (Lipinski definition) is 1. The van der Waals surface area contributed by atoms with Crippen LogP contribution in [-0.2, 0) is 0 Å². The van der Waals surface area contributed by atoms with E-state index in [-0.39, 0.29) is 5.82 Å². The SMILES string of the molecule is Fc1ccc2c([C@@H]3CCNC3)nsc2c1. The highest BCUT2D eigenvalue weighted by Crippen LogP contribution is 2.31. The van der Waals surface area contributed by atoms with Crippen LogP contribution in [0.5, 0.6) is 0 Å².